The summed E-state index contributed by atoms with van der Waals surface area (Å²) in [4.78, 5) is 0. The molecule has 8 heteroatoms. The summed E-state index contributed by atoms with van der Waals surface area (Å²) < 4.78 is 3.00. The molecule has 96 valence electrons. The number of hydrogen-bond donors (Lipinski definition) is 7. The van der Waals surface area contributed by atoms with Crippen LogP contribution in [0.15, 0.2) is 0 Å². The van der Waals surface area contributed by atoms with E-state index in [0.29, 0.717) is 6.54 Å². The van der Waals surface area contributed by atoms with Gasteiger partial charge in [-0.2, -0.15) is 0 Å². The number of hydrogen-bond acceptors (Lipinski definition) is 8. The van der Waals surface area contributed by atoms with Gasteiger partial charge in [0.25, 0.3) is 0 Å². The van der Waals surface area contributed by atoms with Gasteiger partial charge >= 0.3 is 0 Å². The fourth-order valence-electron chi connectivity index (χ4n) is 1.44. The summed E-state index contributed by atoms with van der Waals surface area (Å²) in [6.45, 7) is -0.123. The Hall–Kier alpha value is 0.0700. The third kappa shape index (κ3) is 3.54. The Morgan fingerprint density at radius 3 is 2.69 bits per heavy atom. The summed E-state index contributed by atoms with van der Waals surface area (Å²) in [5, 5.41) is 43.2. The molecule has 7 N–H and O–H groups in total. The van der Waals surface area contributed by atoms with E-state index in [9.17, 15) is 15.3 Å². The van der Waals surface area contributed by atoms with Crippen LogP contribution in [0.25, 0.3) is 0 Å². The van der Waals surface area contributed by atoms with Crippen molar-refractivity contribution >= 4 is 11.9 Å². The second-order valence-electron chi connectivity index (χ2n) is 3.64. The van der Waals surface area contributed by atoms with Crippen LogP contribution in [-0.2, 0) is 0 Å². The molecule has 0 aliphatic carbocycles. The first-order chi connectivity index (χ1) is 7.60. The highest BCUT2D eigenvalue weighted by atomic mass is 32.2. The Balaban J connectivity index is 2.49. The standard InChI is InChI=1S/C8H19N3O4S/c1-9-8-11-4(2-10-16-8)6(14)7(15)5(13)3-12/h4-15H,2-3H2,1H3/t4-,5?,6?,7?,8?/m0/s1. The van der Waals surface area contributed by atoms with Crippen molar-refractivity contribution in [3.63, 3.8) is 0 Å². The van der Waals surface area contributed by atoms with Crippen LogP contribution in [-0.4, -0.2) is 70.5 Å². The van der Waals surface area contributed by atoms with Crippen LogP contribution < -0.4 is 15.4 Å². The van der Waals surface area contributed by atoms with Crippen LogP contribution in [0.3, 0.4) is 0 Å². The van der Waals surface area contributed by atoms with Gasteiger partial charge in [0.05, 0.1) is 18.8 Å². The molecule has 0 amide bonds. The summed E-state index contributed by atoms with van der Waals surface area (Å²) in [6, 6.07) is -0.394. The van der Waals surface area contributed by atoms with Crippen molar-refractivity contribution in [1.82, 2.24) is 15.4 Å². The molecule has 0 aromatic carbocycles. The van der Waals surface area contributed by atoms with E-state index < -0.39 is 31.0 Å². The molecule has 4 unspecified atom stereocenters. The van der Waals surface area contributed by atoms with E-state index >= 15 is 0 Å². The predicted octanol–water partition coefficient (Wildman–Crippen LogP) is -3.23. The first-order valence-electron chi connectivity index (χ1n) is 5.07. The summed E-state index contributed by atoms with van der Waals surface area (Å²) in [5.41, 5.74) is -0.0770. The van der Waals surface area contributed by atoms with Crippen molar-refractivity contribution in [3.05, 3.63) is 0 Å². The van der Waals surface area contributed by atoms with Crippen LogP contribution in [0.4, 0.5) is 0 Å². The number of rotatable bonds is 5. The Labute approximate surface area is 98.4 Å². The Kier molecular flexibility index (Phi) is 5.94. The molecule has 16 heavy (non-hydrogen) atoms. The van der Waals surface area contributed by atoms with Crippen molar-refractivity contribution in [3.8, 4) is 0 Å². The maximum absolute atomic E-state index is 9.80. The SMILES string of the molecule is CNC1N[C@H](C(O)C(O)C(O)CO)CNS1. The number of aliphatic hydroxyl groups is 4. The molecule has 0 aromatic heterocycles. The van der Waals surface area contributed by atoms with Crippen LogP contribution in [0.1, 0.15) is 0 Å². The first-order valence-corrected chi connectivity index (χ1v) is 5.95. The maximum atomic E-state index is 9.80. The van der Waals surface area contributed by atoms with Gasteiger partial charge in [0.15, 0.2) is 0 Å². The minimum atomic E-state index is -1.37. The number of aliphatic hydroxyl groups excluding tert-OH is 4. The highest BCUT2D eigenvalue weighted by Gasteiger charge is 2.33. The van der Waals surface area contributed by atoms with Crippen molar-refractivity contribution in [2.45, 2.75) is 29.9 Å². The summed E-state index contributed by atoms with van der Waals surface area (Å²) >= 11 is 1.43. The molecule has 1 fully saturated rings. The summed E-state index contributed by atoms with van der Waals surface area (Å²) in [7, 11) is 1.76. The van der Waals surface area contributed by atoms with Gasteiger partial charge in [-0.25, -0.2) is 0 Å². The lowest BCUT2D eigenvalue weighted by Gasteiger charge is -2.36. The van der Waals surface area contributed by atoms with E-state index in [2.05, 4.69) is 15.4 Å². The van der Waals surface area contributed by atoms with Crippen molar-refractivity contribution in [2.75, 3.05) is 20.2 Å². The van der Waals surface area contributed by atoms with Crippen LogP contribution in [0.2, 0.25) is 0 Å². The minimum absolute atomic E-state index is 0.0770. The molecule has 1 rings (SSSR count). The molecule has 5 atom stereocenters. The van der Waals surface area contributed by atoms with E-state index in [1.807, 2.05) is 0 Å². The van der Waals surface area contributed by atoms with Gasteiger partial charge in [-0.15, -0.1) is 0 Å². The molecule has 0 aromatic rings. The fraction of sp³-hybridized carbons (Fsp3) is 1.00. The van der Waals surface area contributed by atoms with Gasteiger partial charge in [-0.1, -0.05) is 0 Å². The maximum Gasteiger partial charge on any atom is 0.120 e. The second kappa shape index (κ2) is 6.72. The molecule has 1 aliphatic rings. The molecule has 1 saturated heterocycles. The lowest BCUT2D eigenvalue weighted by molar-refractivity contribution is -0.0870. The Morgan fingerprint density at radius 2 is 2.12 bits per heavy atom. The highest BCUT2D eigenvalue weighted by Crippen LogP contribution is 2.12. The zero-order valence-electron chi connectivity index (χ0n) is 9.00. The average Bonchev–Trinajstić information content (AvgIpc) is 2.36. The summed E-state index contributed by atoms with van der Waals surface area (Å²) in [5.74, 6) is 0. The zero-order chi connectivity index (χ0) is 12.1. The molecule has 0 bridgehead atoms. The zero-order valence-corrected chi connectivity index (χ0v) is 9.81. The molecule has 0 spiro atoms. The van der Waals surface area contributed by atoms with Gasteiger partial charge in [-0.3, -0.25) is 15.4 Å². The monoisotopic (exact) mass is 253 g/mol. The Morgan fingerprint density at radius 1 is 1.44 bits per heavy atom. The second-order valence-corrected chi connectivity index (χ2v) is 4.64. The van der Waals surface area contributed by atoms with E-state index in [4.69, 9.17) is 5.11 Å². The minimum Gasteiger partial charge on any atom is -0.394 e. The number of nitrogens with one attached hydrogen (secondary N) is 3. The normalized spacial score (nSPS) is 32.1. The van der Waals surface area contributed by atoms with Gasteiger partial charge in [0.1, 0.15) is 17.7 Å². The van der Waals surface area contributed by atoms with Gasteiger partial charge in [0, 0.05) is 6.54 Å². The highest BCUT2D eigenvalue weighted by molar-refractivity contribution is 7.98. The van der Waals surface area contributed by atoms with Gasteiger partial charge in [0.2, 0.25) is 0 Å². The van der Waals surface area contributed by atoms with Crippen molar-refractivity contribution in [1.29, 1.82) is 0 Å². The third-order valence-electron chi connectivity index (χ3n) is 2.48. The third-order valence-corrected chi connectivity index (χ3v) is 3.42. The molecule has 1 heterocycles. The molecule has 0 radical (unpaired) electrons. The van der Waals surface area contributed by atoms with Gasteiger partial charge < -0.3 is 20.4 Å². The van der Waals surface area contributed by atoms with E-state index in [1.165, 1.54) is 11.9 Å². The lowest BCUT2D eigenvalue weighted by Crippen LogP contribution is -2.61. The molecular weight excluding hydrogens is 234 g/mol. The molecular formula is C8H19N3O4S. The molecule has 0 saturated carbocycles. The topological polar surface area (TPSA) is 117 Å². The van der Waals surface area contributed by atoms with Gasteiger partial charge in [-0.05, 0) is 19.0 Å². The van der Waals surface area contributed by atoms with Crippen molar-refractivity contribution < 1.29 is 20.4 Å². The van der Waals surface area contributed by atoms with E-state index in [1.54, 1.807) is 7.05 Å². The lowest BCUT2D eigenvalue weighted by atomic mass is 10.0. The largest absolute Gasteiger partial charge is 0.394 e. The molecule has 1 aliphatic heterocycles. The van der Waals surface area contributed by atoms with E-state index in [-0.39, 0.29) is 5.50 Å². The van der Waals surface area contributed by atoms with Crippen LogP contribution >= 0.6 is 11.9 Å². The quantitative estimate of drug-likeness (QED) is 0.256. The van der Waals surface area contributed by atoms with Crippen molar-refractivity contribution in [2.24, 2.45) is 0 Å². The van der Waals surface area contributed by atoms with Crippen LogP contribution in [0.5, 0.6) is 0 Å². The fourth-order valence-corrected chi connectivity index (χ4v) is 2.25. The summed E-state index contributed by atoms with van der Waals surface area (Å²) in [6.07, 6.45) is -3.85. The first kappa shape index (κ1) is 14.1. The smallest absolute Gasteiger partial charge is 0.120 e. The van der Waals surface area contributed by atoms with Crippen LogP contribution in [0, 0.1) is 0 Å². The van der Waals surface area contributed by atoms with E-state index in [0.717, 1.165) is 0 Å². The molecule has 7 nitrogen and oxygen atoms in total. The predicted molar refractivity (Wildman–Crippen MR) is 60.5 cm³/mol. The average molecular weight is 253 g/mol. The Bertz CT molecular complexity index is 210.